The number of carbonyl (C=O) groups excluding carboxylic acids is 1. The van der Waals surface area contributed by atoms with E-state index >= 15 is 0 Å². The molecule has 0 N–H and O–H groups in total. The Kier molecular flexibility index (Phi) is 5.07. The van der Waals surface area contributed by atoms with E-state index in [4.69, 9.17) is 4.74 Å². The first-order valence-electron chi connectivity index (χ1n) is 3.58. The molecule has 0 saturated heterocycles. The number of allylic oxidation sites excluding steroid dienone is 1. The minimum absolute atomic E-state index is 0.356. The molecular weight excluding hydrogens is 142 g/mol. The predicted octanol–water partition coefficient (Wildman–Crippen LogP) is 1.54. The Morgan fingerprint density at radius 1 is 1.55 bits per heavy atom. The fourth-order valence-corrected chi connectivity index (χ4v) is 0.589. The van der Waals surface area contributed by atoms with Crippen LogP contribution in [0.2, 0.25) is 0 Å². The highest BCUT2D eigenvalue weighted by atomic mass is 16.5. The van der Waals surface area contributed by atoms with E-state index in [0.29, 0.717) is 12.3 Å². The Bertz CT molecular complexity index is 183. The lowest BCUT2D eigenvalue weighted by Crippen LogP contribution is -2.05. The maximum atomic E-state index is 11.0. The molecule has 0 aromatic carbocycles. The molecule has 0 unspecified atom stereocenters. The van der Waals surface area contributed by atoms with Crippen molar-refractivity contribution in [1.82, 2.24) is 0 Å². The van der Waals surface area contributed by atoms with Crippen molar-refractivity contribution >= 4 is 12.2 Å². The molecule has 0 aromatic rings. The zero-order chi connectivity index (χ0) is 8.69. The quantitative estimate of drug-likeness (QED) is 0.352. The summed E-state index contributed by atoms with van der Waals surface area (Å²) in [5.74, 6) is -0.367. The molecule has 0 heterocycles. The van der Waals surface area contributed by atoms with Gasteiger partial charge in [-0.05, 0) is 20.8 Å². The maximum Gasteiger partial charge on any atom is 0.356 e. The molecule has 3 heteroatoms. The first kappa shape index (κ1) is 9.88. The summed E-state index contributed by atoms with van der Waals surface area (Å²) in [5.41, 5.74) is 0.356. The van der Waals surface area contributed by atoms with Crippen molar-refractivity contribution in [3.63, 3.8) is 0 Å². The largest absolute Gasteiger partial charge is 0.461 e. The number of aliphatic imine (C=N–C) groups is 1. The maximum absolute atomic E-state index is 11.0. The van der Waals surface area contributed by atoms with Gasteiger partial charge in [0.05, 0.1) is 6.61 Å². The van der Waals surface area contributed by atoms with Crippen LogP contribution in [0, 0.1) is 0 Å². The number of ether oxygens (including phenoxy) is 1. The van der Waals surface area contributed by atoms with Crippen LogP contribution < -0.4 is 0 Å². The van der Waals surface area contributed by atoms with Gasteiger partial charge in [-0.15, -0.1) is 0 Å². The second kappa shape index (κ2) is 5.65. The molecule has 11 heavy (non-hydrogen) atoms. The molecule has 0 aliphatic heterocycles. The van der Waals surface area contributed by atoms with E-state index in [1.165, 1.54) is 0 Å². The monoisotopic (exact) mass is 155 g/mol. The van der Waals surface area contributed by atoms with Crippen molar-refractivity contribution in [2.75, 3.05) is 6.61 Å². The SMILES string of the molecule is CC=N/C(=C\C)C(=O)OCC. The zero-order valence-electron chi connectivity index (χ0n) is 7.13. The summed E-state index contributed by atoms with van der Waals surface area (Å²) >= 11 is 0. The smallest absolute Gasteiger partial charge is 0.356 e. The molecule has 0 saturated carbocycles. The van der Waals surface area contributed by atoms with Gasteiger partial charge in [0.2, 0.25) is 0 Å². The fourth-order valence-electron chi connectivity index (χ4n) is 0.589. The van der Waals surface area contributed by atoms with Crippen LogP contribution in [0.5, 0.6) is 0 Å². The van der Waals surface area contributed by atoms with Crippen molar-refractivity contribution in [3.8, 4) is 0 Å². The number of esters is 1. The molecule has 0 amide bonds. The fraction of sp³-hybridized carbons (Fsp3) is 0.500. The summed E-state index contributed by atoms with van der Waals surface area (Å²) in [6.45, 7) is 5.65. The van der Waals surface area contributed by atoms with Gasteiger partial charge in [0.1, 0.15) is 5.70 Å². The van der Waals surface area contributed by atoms with Gasteiger partial charge in [-0.3, -0.25) is 4.99 Å². The van der Waals surface area contributed by atoms with Crippen LogP contribution in [0.4, 0.5) is 0 Å². The standard InChI is InChI=1S/C8H13NO2/c1-4-7(9-5-2)8(10)11-6-3/h4-5H,6H2,1-3H3/b7-4-,9-5?. The molecule has 0 fully saturated rings. The Balaban J connectivity index is 4.16. The van der Waals surface area contributed by atoms with Gasteiger partial charge in [-0.2, -0.15) is 0 Å². The van der Waals surface area contributed by atoms with Crippen LogP contribution in [0.25, 0.3) is 0 Å². The molecule has 0 aliphatic carbocycles. The third-order valence-corrected chi connectivity index (χ3v) is 1.03. The number of hydrogen-bond donors (Lipinski definition) is 0. The van der Waals surface area contributed by atoms with Crippen LogP contribution in [0.1, 0.15) is 20.8 Å². The van der Waals surface area contributed by atoms with E-state index in [1.807, 2.05) is 0 Å². The minimum Gasteiger partial charge on any atom is -0.461 e. The first-order valence-corrected chi connectivity index (χ1v) is 3.58. The summed E-state index contributed by atoms with van der Waals surface area (Å²) in [7, 11) is 0. The molecule has 0 spiro atoms. The summed E-state index contributed by atoms with van der Waals surface area (Å²) in [4.78, 5) is 14.8. The van der Waals surface area contributed by atoms with Crippen molar-refractivity contribution in [2.45, 2.75) is 20.8 Å². The summed E-state index contributed by atoms with van der Waals surface area (Å²) in [5, 5.41) is 0. The second-order valence-corrected chi connectivity index (χ2v) is 1.78. The molecule has 0 radical (unpaired) electrons. The van der Waals surface area contributed by atoms with E-state index < -0.39 is 0 Å². The van der Waals surface area contributed by atoms with E-state index in [0.717, 1.165) is 0 Å². The third-order valence-electron chi connectivity index (χ3n) is 1.03. The molecular formula is C8H13NO2. The molecule has 0 atom stereocenters. The Hall–Kier alpha value is -1.12. The van der Waals surface area contributed by atoms with Crippen molar-refractivity contribution < 1.29 is 9.53 Å². The Morgan fingerprint density at radius 3 is 2.55 bits per heavy atom. The Morgan fingerprint density at radius 2 is 2.18 bits per heavy atom. The van der Waals surface area contributed by atoms with Crippen molar-refractivity contribution in [3.05, 3.63) is 11.8 Å². The predicted molar refractivity (Wildman–Crippen MR) is 44.6 cm³/mol. The summed E-state index contributed by atoms with van der Waals surface area (Å²) in [6.07, 6.45) is 3.18. The van der Waals surface area contributed by atoms with Gasteiger partial charge in [-0.1, -0.05) is 6.08 Å². The molecule has 0 aliphatic rings. The van der Waals surface area contributed by atoms with E-state index in [9.17, 15) is 4.79 Å². The highest BCUT2D eigenvalue weighted by molar-refractivity contribution is 5.89. The average molecular weight is 155 g/mol. The lowest BCUT2D eigenvalue weighted by atomic mass is 10.4. The van der Waals surface area contributed by atoms with Gasteiger partial charge >= 0.3 is 5.97 Å². The van der Waals surface area contributed by atoms with Gasteiger partial charge in [0, 0.05) is 6.21 Å². The highest BCUT2D eigenvalue weighted by Crippen LogP contribution is 1.98. The molecule has 62 valence electrons. The molecule has 3 nitrogen and oxygen atoms in total. The van der Waals surface area contributed by atoms with Gasteiger partial charge in [-0.25, -0.2) is 4.79 Å². The minimum atomic E-state index is -0.367. The molecule has 0 rings (SSSR count). The van der Waals surface area contributed by atoms with E-state index in [1.54, 1.807) is 33.1 Å². The van der Waals surface area contributed by atoms with Gasteiger partial charge in [0.15, 0.2) is 0 Å². The van der Waals surface area contributed by atoms with Gasteiger partial charge < -0.3 is 4.74 Å². The zero-order valence-corrected chi connectivity index (χ0v) is 7.13. The average Bonchev–Trinajstić information content (AvgIpc) is 2.00. The molecule has 0 aromatic heterocycles. The van der Waals surface area contributed by atoms with Crippen LogP contribution in [0.15, 0.2) is 16.8 Å². The van der Waals surface area contributed by atoms with E-state index in [-0.39, 0.29) is 5.97 Å². The van der Waals surface area contributed by atoms with Gasteiger partial charge in [0.25, 0.3) is 0 Å². The van der Waals surface area contributed by atoms with Crippen LogP contribution in [-0.2, 0) is 9.53 Å². The van der Waals surface area contributed by atoms with Crippen molar-refractivity contribution in [2.24, 2.45) is 4.99 Å². The number of rotatable bonds is 3. The lowest BCUT2D eigenvalue weighted by Gasteiger charge is -1.99. The number of carbonyl (C=O) groups is 1. The number of nitrogens with zero attached hydrogens (tertiary/aromatic N) is 1. The number of hydrogen-bond acceptors (Lipinski definition) is 3. The van der Waals surface area contributed by atoms with Crippen molar-refractivity contribution in [1.29, 1.82) is 0 Å². The highest BCUT2D eigenvalue weighted by Gasteiger charge is 2.05. The third kappa shape index (κ3) is 3.55. The summed E-state index contributed by atoms with van der Waals surface area (Å²) < 4.78 is 4.73. The topological polar surface area (TPSA) is 38.7 Å². The van der Waals surface area contributed by atoms with Crippen LogP contribution in [-0.4, -0.2) is 18.8 Å². The van der Waals surface area contributed by atoms with E-state index in [2.05, 4.69) is 4.99 Å². The summed E-state index contributed by atoms with van der Waals surface area (Å²) in [6, 6.07) is 0. The first-order chi connectivity index (χ1) is 5.26. The Labute approximate surface area is 66.8 Å². The van der Waals surface area contributed by atoms with Crippen LogP contribution in [0.3, 0.4) is 0 Å². The lowest BCUT2D eigenvalue weighted by molar-refractivity contribution is -0.138. The normalized spacial score (nSPS) is 12.1. The second-order valence-electron chi connectivity index (χ2n) is 1.78. The molecule has 0 bridgehead atoms. The van der Waals surface area contributed by atoms with Crippen LogP contribution >= 0.6 is 0 Å².